The molecule has 0 aromatic heterocycles. The van der Waals surface area contributed by atoms with Gasteiger partial charge in [-0.1, -0.05) is 12.1 Å². The van der Waals surface area contributed by atoms with Crippen LogP contribution in [0.2, 0.25) is 0 Å². The first-order valence-corrected chi connectivity index (χ1v) is 9.42. The molecule has 6 nitrogen and oxygen atoms in total. The number of nitrogens with zero attached hydrogens (tertiary/aromatic N) is 3. The molecule has 1 aromatic rings. The Labute approximate surface area is 158 Å². The fourth-order valence-electron chi connectivity index (χ4n) is 3.26. The van der Waals surface area contributed by atoms with E-state index in [-0.39, 0.29) is 6.04 Å². The van der Waals surface area contributed by atoms with Gasteiger partial charge in [-0.25, -0.2) is 0 Å². The Kier molecular flexibility index (Phi) is 8.19. The second-order valence-corrected chi connectivity index (χ2v) is 7.06. The third-order valence-corrected chi connectivity index (χ3v) is 4.77. The van der Waals surface area contributed by atoms with Crippen molar-refractivity contribution in [2.75, 3.05) is 61.1 Å². The molecule has 26 heavy (non-hydrogen) atoms. The molecule has 1 heterocycles. The molecule has 6 heteroatoms. The minimum Gasteiger partial charge on any atom is -0.497 e. The molecule has 0 amide bonds. The summed E-state index contributed by atoms with van der Waals surface area (Å²) in [6.45, 7) is 6.36. The lowest BCUT2D eigenvalue weighted by Gasteiger charge is -2.27. The number of hydrogen-bond donors (Lipinski definition) is 1. The van der Waals surface area contributed by atoms with E-state index in [0.717, 1.165) is 44.4 Å². The quantitative estimate of drug-likeness (QED) is 0.568. The first-order valence-electron chi connectivity index (χ1n) is 9.42. The van der Waals surface area contributed by atoms with Gasteiger partial charge in [-0.3, -0.25) is 4.99 Å². The number of guanidine groups is 1. The predicted octanol–water partition coefficient (Wildman–Crippen LogP) is 2.23. The lowest BCUT2D eigenvalue weighted by molar-refractivity contribution is 0.181. The Bertz CT molecular complexity index is 571. The number of likely N-dealkylation sites (N-methyl/N-ethyl adjacent to an activating group) is 1. The third kappa shape index (κ3) is 5.88. The van der Waals surface area contributed by atoms with E-state index in [0.29, 0.717) is 12.5 Å². The van der Waals surface area contributed by atoms with Gasteiger partial charge in [-0.15, -0.1) is 0 Å². The highest BCUT2D eigenvalue weighted by Gasteiger charge is 2.20. The van der Waals surface area contributed by atoms with E-state index >= 15 is 0 Å². The summed E-state index contributed by atoms with van der Waals surface area (Å²) < 4.78 is 10.9. The molecule has 2 unspecified atom stereocenters. The highest BCUT2D eigenvalue weighted by molar-refractivity contribution is 5.79. The minimum absolute atomic E-state index is 0.196. The van der Waals surface area contributed by atoms with Crippen LogP contribution in [0.1, 0.15) is 24.9 Å². The Morgan fingerprint density at radius 3 is 2.81 bits per heavy atom. The average molecular weight is 363 g/mol. The van der Waals surface area contributed by atoms with E-state index in [1.165, 1.54) is 5.56 Å². The van der Waals surface area contributed by atoms with Crippen molar-refractivity contribution >= 4 is 5.96 Å². The zero-order valence-electron chi connectivity index (χ0n) is 16.9. The lowest BCUT2D eigenvalue weighted by Crippen LogP contribution is -2.42. The van der Waals surface area contributed by atoms with Crippen molar-refractivity contribution in [3.63, 3.8) is 0 Å². The number of methoxy groups -OCH3 is 1. The monoisotopic (exact) mass is 362 g/mol. The number of benzene rings is 1. The summed E-state index contributed by atoms with van der Waals surface area (Å²) in [6.07, 6.45) is 1.13. The molecule has 2 rings (SSSR count). The van der Waals surface area contributed by atoms with Gasteiger partial charge >= 0.3 is 0 Å². The van der Waals surface area contributed by atoms with Gasteiger partial charge in [0.25, 0.3) is 0 Å². The summed E-state index contributed by atoms with van der Waals surface area (Å²) in [5, 5.41) is 3.42. The van der Waals surface area contributed by atoms with Crippen LogP contribution in [0.5, 0.6) is 5.75 Å². The third-order valence-electron chi connectivity index (χ3n) is 4.77. The molecule has 1 saturated heterocycles. The van der Waals surface area contributed by atoms with Crippen molar-refractivity contribution in [2.45, 2.75) is 19.4 Å². The molecule has 0 spiro atoms. The molecule has 146 valence electrons. The van der Waals surface area contributed by atoms with Gasteiger partial charge in [-0.2, -0.15) is 0 Å². The highest BCUT2D eigenvalue weighted by Crippen LogP contribution is 2.23. The van der Waals surface area contributed by atoms with E-state index in [1.54, 1.807) is 7.11 Å². The lowest BCUT2D eigenvalue weighted by atomic mass is 10.1. The Morgan fingerprint density at radius 2 is 2.19 bits per heavy atom. The number of rotatable bonds is 8. The van der Waals surface area contributed by atoms with Crippen LogP contribution in [0.4, 0.5) is 0 Å². The van der Waals surface area contributed by atoms with Gasteiger partial charge < -0.3 is 24.6 Å². The van der Waals surface area contributed by atoms with Crippen molar-refractivity contribution in [2.24, 2.45) is 10.9 Å². The van der Waals surface area contributed by atoms with E-state index in [4.69, 9.17) is 14.5 Å². The van der Waals surface area contributed by atoms with Crippen LogP contribution in [-0.4, -0.2) is 76.9 Å². The van der Waals surface area contributed by atoms with Crippen LogP contribution in [0.15, 0.2) is 29.3 Å². The molecule has 2 atom stereocenters. The molecule has 1 N–H and O–H groups in total. The van der Waals surface area contributed by atoms with E-state index in [9.17, 15) is 0 Å². The maximum Gasteiger partial charge on any atom is 0.193 e. The van der Waals surface area contributed by atoms with Crippen LogP contribution in [-0.2, 0) is 4.74 Å². The van der Waals surface area contributed by atoms with Crippen LogP contribution in [0, 0.1) is 5.92 Å². The van der Waals surface area contributed by atoms with E-state index in [2.05, 4.69) is 55.3 Å². The molecular formula is C20H34N4O2. The molecular weight excluding hydrogens is 328 g/mol. The normalized spacial score (nSPS) is 18.8. The Morgan fingerprint density at radius 1 is 1.38 bits per heavy atom. The summed E-state index contributed by atoms with van der Waals surface area (Å²) in [4.78, 5) is 9.34. The summed E-state index contributed by atoms with van der Waals surface area (Å²) in [5.41, 5.74) is 1.21. The van der Waals surface area contributed by atoms with Crippen LogP contribution >= 0.6 is 0 Å². The molecule has 1 aromatic carbocycles. The molecule has 0 bridgehead atoms. The van der Waals surface area contributed by atoms with Gasteiger partial charge in [0, 0.05) is 32.7 Å². The SMILES string of the molecule is CCNC(=NCC(c1cccc(OC)c1)N(C)C)N(C)CC1CCOC1. The highest BCUT2D eigenvalue weighted by atomic mass is 16.5. The number of ether oxygens (including phenoxy) is 2. The van der Waals surface area contributed by atoms with Crippen molar-refractivity contribution < 1.29 is 9.47 Å². The molecule has 1 fully saturated rings. The first kappa shape index (κ1) is 20.5. The zero-order chi connectivity index (χ0) is 18.9. The minimum atomic E-state index is 0.196. The fourth-order valence-corrected chi connectivity index (χ4v) is 3.26. The zero-order valence-corrected chi connectivity index (χ0v) is 16.9. The Hall–Kier alpha value is -1.79. The number of hydrogen-bond acceptors (Lipinski definition) is 4. The van der Waals surface area contributed by atoms with E-state index in [1.807, 2.05) is 12.1 Å². The fraction of sp³-hybridized carbons (Fsp3) is 0.650. The van der Waals surface area contributed by atoms with Crippen molar-refractivity contribution in [1.29, 1.82) is 0 Å². The van der Waals surface area contributed by atoms with E-state index < -0.39 is 0 Å². The molecule has 1 aliphatic heterocycles. The standard InChI is InChI=1S/C20H34N4O2/c1-6-21-20(24(4)14-16-10-11-26-15-16)22-13-19(23(2)3)17-8-7-9-18(12-17)25-5/h7-9,12,16,19H,6,10-11,13-15H2,1-5H3,(H,21,22). The molecule has 0 radical (unpaired) electrons. The topological polar surface area (TPSA) is 49.3 Å². The second-order valence-electron chi connectivity index (χ2n) is 7.06. The second kappa shape index (κ2) is 10.4. The van der Waals surface area contributed by atoms with Crippen molar-refractivity contribution in [3.05, 3.63) is 29.8 Å². The van der Waals surface area contributed by atoms with Gasteiger partial charge in [0.05, 0.1) is 26.3 Å². The summed E-state index contributed by atoms with van der Waals surface area (Å²) in [6, 6.07) is 8.43. The van der Waals surface area contributed by atoms with Crippen LogP contribution in [0.25, 0.3) is 0 Å². The maximum absolute atomic E-state index is 5.50. The summed E-state index contributed by atoms with van der Waals surface area (Å²) >= 11 is 0. The average Bonchev–Trinajstić information content (AvgIpc) is 3.13. The Balaban J connectivity index is 2.10. The van der Waals surface area contributed by atoms with Crippen LogP contribution < -0.4 is 10.1 Å². The van der Waals surface area contributed by atoms with Crippen molar-refractivity contribution in [1.82, 2.24) is 15.1 Å². The van der Waals surface area contributed by atoms with Crippen molar-refractivity contribution in [3.8, 4) is 5.75 Å². The van der Waals surface area contributed by atoms with Gasteiger partial charge in [0.2, 0.25) is 0 Å². The molecule has 0 aliphatic carbocycles. The number of nitrogens with one attached hydrogen (secondary N) is 1. The molecule has 0 saturated carbocycles. The number of aliphatic imine (C=N–C) groups is 1. The summed E-state index contributed by atoms with van der Waals surface area (Å²) in [7, 11) is 7.99. The smallest absolute Gasteiger partial charge is 0.193 e. The predicted molar refractivity (Wildman–Crippen MR) is 107 cm³/mol. The maximum atomic E-state index is 5.50. The van der Waals surface area contributed by atoms with Gasteiger partial charge in [0.1, 0.15) is 5.75 Å². The van der Waals surface area contributed by atoms with Gasteiger partial charge in [-0.05, 0) is 45.1 Å². The first-order chi connectivity index (χ1) is 12.5. The van der Waals surface area contributed by atoms with Gasteiger partial charge in [0.15, 0.2) is 5.96 Å². The largest absolute Gasteiger partial charge is 0.497 e. The molecule has 1 aliphatic rings. The summed E-state index contributed by atoms with van der Waals surface area (Å²) in [5.74, 6) is 2.42. The van der Waals surface area contributed by atoms with Crippen LogP contribution in [0.3, 0.4) is 0 Å².